The van der Waals surface area contributed by atoms with Crippen molar-refractivity contribution in [2.75, 3.05) is 26.9 Å². The number of carbonyl (C=O) groups excluding carboxylic acids is 2. The van der Waals surface area contributed by atoms with Gasteiger partial charge in [0, 0.05) is 32.1 Å². The van der Waals surface area contributed by atoms with Gasteiger partial charge in [-0.25, -0.2) is 4.79 Å². The zero-order valence-corrected chi connectivity index (χ0v) is 10.5. The number of carbonyl (C=O) groups is 2. The van der Waals surface area contributed by atoms with Crippen molar-refractivity contribution >= 4 is 11.9 Å². The molecule has 2 unspecified atom stereocenters. The molecule has 2 atom stereocenters. The van der Waals surface area contributed by atoms with Crippen LogP contribution < -0.4 is 0 Å². The van der Waals surface area contributed by atoms with Crippen molar-refractivity contribution < 1.29 is 24.2 Å². The predicted octanol–water partition coefficient (Wildman–Crippen LogP) is -0.452. The van der Waals surface area contributed by atoms with Crippen LogP contribution in [0.5, 0.6) is 0 Å². The van der Waals surface area contributed by atoms with Gasteiger partial charge in [-0.05, 0) is 12.8 Å². The first kappa shape index (κ1) is 13.3. The topological polar surface area (TPSA) is 76.1 Å². The van der Waals surface area contributed by atoms with Crippen molar-refractivity contribution in [2.45, 2.75) is 31.4 Å². The Morgan fingerprint density at radius 3 is 2.61 bits per heavy atom. The number of likely N-dealkylation sites (tertiary alicyclic amines) is 1. The summed E-state index contributed by atoms with van der Waals surface area (Å²) >= 11 is 0. The lowest BCUT2D eigenvalue weighted by Gasteiger charge is -2.29. The molecule has 6 heteroatoms. The van der Waals surface area contributed by atoms with Crippen LogP contribution in [0.3, 0.4) is 0 Å². The third-order valence-corrected chi connectivity index (χ3v) is 3.61. The van der Waals surface area contributed by atoms with Crippen LogP contribution in [0.4, 0.5) is 0 Å². The number of amides is 1. The molecular weight excluding hydrogens is 238 g/mol. The van der Waals surface area contributed by atoms with Crippen LogP contribution in [0.2, 0.25) is 0 Å². The van der Waals surface area contributed by atoms with Gasteiger partial charge >= 0.3 is 5.97 Å². The summed E-state index contributed by atoms with van der Waals surface area (Å²) in [5.74, 6) is -0.617. The summed E-state index contributed by atoms with van der Waals surface area (Å²) in [5.41, 5.74) is 0. The Kier molecular flexibility index (Phi) is 4.19. The first-order valence-electron chi connectivity index (χ1n) is 6.27. The summed E-state index contributed by atoms with van der Waals surface area (Å²) in [4.78, 5) is 25.4. The van der Waals surface area contributed by atoms with Crippen molar-refractivity contribution in [1.29, 1.82) is 0 Å². The van der Waals surface area contributed by atoms with E-state index in [0.717, 1.165) is 0 Å². The van der Waals surface area contributed by atoms with Crippen molar-refractivity contribution in [3.63, 3.8) is 0 Å². The Labute approximate surface area is 106 Å². The number of nitrogens with zero attached hydrogens (tertiary/aromatic N) is 1. The van der Waals surface area contributed by atoms with E-state index in [2.05, 4.69) is 4.74 Å². The van der Waals surface area contributed by atoms with Gasteiger partial charge in [0.15, 0.2) is 0 Å². The number of esters is 1. The standard InChI is InChI=1S/C12H19NO5/c1-17-12(16)10-6-9(14)7-13(10)11(15)8-2-4-18-5-3-8/h8-10,14H,2-7H2,1H3. The number of hydrogen-bond acceptors (Lipinski definition) is 5. The molecule has 2 aliphatic heterocycles. The highest BCUT2D eigenvalue weighted by atomic mass is 16.5. The minimum Gasteiger partial charge on any atom is -0.467 e. The maximum Gasteiger partial charge on any atom is 0.328 e. The lowest BCUT2D eigenvalue weighted by Crippen LogP contribution is -2.45. The van der Waals surface area contributed by atoms with Gasteiger partial charge in [0.25, 0.3) is 0 Å². The van der Waals surface area contributed by atoms with Crippen LogP contribution in [0.1, 0.15) is 19.3 Å². The summed E-state index contributed by atoms with van der Waals surface area (Å²) in [7, 11) is 1.30. The molecule has 2 fully saturated rings. The molecule has 1 amide bonds. The van der Waals surface area contributed by atoms with Gasteiger partial charge in [0.05, 0.1) is 13.2 Å². The average molecular weight is 257 g/mol. The van der Waals surface area contributed by atoms with E-state index in [9.17, 15) is 14.7 Å². The third kappa shape index (κ3) is 2.64. The monoisotopic (exact) mass is 257 g/mol. The van der Waals surface area contributed by atoms with Gasteiger partial charge in [0.2, 0.25) is 5.91 Å². The Balaban J connectivity index is 2.04. The molecule has 1 N–H and O–H groups in total. The van der Waals surface area contributed by atoms with E-state index >= 15 is 0 Å². The molecule has 0 aromatic carbocycles. The minimum absolute atomic E-state index is 0.0646. The van der Waals surface area contributed by atoms with Crippen LogP contribution in [-0.4, -0.2) is 60.9 Å². The normalized spacial score (nSPS) is 29.3. The number of ether oxygens (including phenoxy) is 2. The molecule has 18 heavy (non-hydrogen) atoms. The van der Waals surface area contributed by atoms with Crippen LogP contribution in [-0.2, 0) is 19.1 Å². The second-order valence-electron chi connectivity index (χ2n) is 4.81. The summed E-state index contributed by atoms with van der Waals surface area (Å²) < 4.78 is 9.90. The van der Waals surface area contributed by atoms with Crippen molar-refractivity contribution in [3.05, 3.63) is 0 Å². The second-order valence-corrected chi connectivity index (χ2v) is 4.81. The van der Waals surface area contributed by atoms with E-state index in [1.807, 2.05) is 0 Å². The maximum atomic E-state index is 12.3. The molecule has 2 heterocycles. The van der Waals surface area contributed by atoms with Gasteiger partial charge in [-0.1, -0.05) is 0 Å². The SMILES string of the molecule is COC(=O)C1CC(O)CN1C(=O)C1CCOCC1. The van der Waals surface area contributed by atoms with Crippen LogP contribution >= 0.6 is 0 Å². The lowest BCUT2D eigenvalue weighted by atomic mass is 9.98. The van der Waals surface area contributed by atoms with Crippen molar-refractivity contribution in [1.82, 2.24) is 4.90 Å². The molecule has 0 radical (unpaired) electrons. The molecule has 0 bridgehead atoms. The Bertz CT molecular complexity index is 326. The van der Waals surface area contributed by atoms with E-state index in [4.69, 9.17) is 4.74 Å². The lowest BCUT2D eigenvalue weighted by molar-refractivity contribution is -0.153. The smallest absolute Gasteiger partial charge is 0.328 e. The van der Waals surface area contributed by atoms with Gasteiger partial charge in [0.1, 0.15) is 6.04 Å². The maximum absolute atomic E-state index is 12.3. The number of aliphatic hydroxyl groups excluding tert-OH is 1. The molecular formula is C12H19NO5. The zero-order chi connectivity index (χ0) is 13.1. The third-order valence-electron chi connectivity index (χ3n) is 3.61. The van der Waals surface area contributed by atoms with E-state index in [-0.39, 0.29) is 24.8 Å². The molecule has 102 valence electrons. The number of aliphatic hydroxyl groups is 1. The Morgan fingerprint density at radius 1 is 1.33 bits per heavy atom. The Hall–Kier alpha value is -1.14. The quantitative estimate of drug-likeness (QED) is 0.678. The zero-order valence-electron chi connectivity index (χ0n) is 10.5. The fourth-order valence-electron chi connectivity index (χ4n) is 2.60. The molecule has 2 aliphatic rings. The summed E-state index contributed by atoms with van der Waals surface area (Å²) in [6.07, 6.45) is 0.984. The van der Waals surface area contributed by atoms with Gasteiger partial charge < -0.3 is 19.5 Å². The van der Waals surface area contributed by atoms with Crippen LogP contribution in [0.15, 0.2) is 0 Å². The highest BCUT2D eigenvalue weighted by Crippen LogP contribution is 2.25. The van der Waals surface area contributed by atoms with E-state index in [1.54, 1.807) is 0 Å². The highest BCUT2D eigenvalue weighted by molar-refractivity contribution is 5.86. The molecule has 0 spiro atoms. The van der Waals surface area contributed by atoms with E-state index in [1.165, 1.54) is 12.0 Å². The van der Waals surface area contributed by atoms with Crippen molar-refractivity contribution in [3.8, 4) is 0 Å². The first-order valence-corrected chi connectivity index (χ1v) is 6.27. The first-order chi connectivity index (χ1) is 8.63. The Morgan fingerprint density at radius 2 is 2.00 bits per heavy atom. The average Bonchev–Trinajstić information content (AvgIpc) is 2.80. The molecule has 0 saturated carbocycles. The van der Waals surface area contributed by atoms with Crippen LogP contribution in [0, 0.1) is 5.92 Å². The van der Waals surface area contributed by atoms with Gasteiger partial charge in [-0.3, -0.25) is 4.79 Å². The van der Waals surface area contributed by atoms with Crippen LogP contribution in [0.25, 0.3) is 0 Å². The van der Waals surface area contributed by atoms with Gasteiger partial charge in [-0.15, -0.1) is 0 Å². The fraction of sp³-hybridized carbons (Fsp3) is 0.833. The number of hydrogen-bond donors (Lipinski definition) is 1. The molecule has 2 rings (SSSR count). The van der Waals surface area contributed by atoms with E-state index < -0.39 is 18.1 Å². The number of β-amino-alcohol motifs (C(OH)–C–C–N with tert-alkyl or cyclic N) is 1. The largest absolute Gasteiger partial charge is 0.467 e. The number of methoxy groups -OCH3 is 1. The molecule has 2 saturated heterocycles. The van der Waals surface area contributed by atoms with Crippen molar-refractivity contribution in [2.24, 2.45) is 5.92 Å². The molecule has 6 nitrogen and oxygen atoms in total. The minimum atomic E-state index is -0.641. The van der Waals surface area contributed by atoms with E-state index in [0.29, 0.717) is 26.1 Å². The number of rotatable bonds is 2. The molecule has 0 aromatic heterocycles. The predicted molar refractivity (Wildman–Crippen MR) is 61.7 cm³/mol. The fourth-order valence-corrected chi connectivity index (χ4v) is 2.60. The molecule has 0 aliphatic carbocycles. The summed E-state index contributed by atoms with van der Waals surface area (Å²) in [6, 6.07) is -0.639. The van der Waals surface area contributed by atoms with Gasteiger partial charge in [-0.2, -0.15) is 0 Å². The second kappa shape index (κ2) is 5.67. The molecule has 0 aromatic rings. The summed E-state index contributed by atoms with van der Waals surface area (Å²) in [5, 5.41) is 9.64. The highest BCUT2D eigenvalue weighted by Gasteiger charge is 2.41. The summed E-state index contributed by atoms with van der Waals surface area (Å²) in [6.45, 7) is 1.38.